The maximum Gasteiger partial charge on any atom is 0.387 e. The number of carbonyl (C=O) groups excluding carboxylic acids is 1. The second kappa shape index (κ2) is 9.00. The molecule has 0 spiro atoms. The molecule has 0 aliphatic carbocycles. The largest absolute Gasteiger partial charge is 0.493 e. The van der Waals surface area contributed by atoms with Gasteiger partial charge in [0.15, 0.2) is 11.5 Å². The smallest absolute Gasteiger partial charge is 0.387 e. The summed E-state index contributed by atoms with van der Waals surface area (Å²) in [7, 11) is 1.40. The molecule has 0 aromatic heterocycles. The number of carbonyl (C=O) groups is 1. The predicted octanol–water partition coefficient (Wildman–Crippen LogP) is 3.64. The highest BCUT2D eigenvalue weighted by Crippen LogP contribution is 2.32. The molecule has 2 aromatic carbocycles. The fourth-order valence-electron chi connectivity index (χ4n) is 2.46. The summed E-state index contributed by atoms with van der Waals surface area (Å²) in [6.07, 6.45) is 0. The van der Waals surface area contributed by atoms with Gasteiger partial charge in [0.2, 0.25) is 0 Å². The number of ether oxygens (including phenoxy) is 2. The lowest BCUT2D eigenvalue weighted by atomic mass is 10.1. The number of amides is 2. The van der Waals surface area contributed by atoms with E-state index in [1.807, 2.05) is 19.1 Å². The number of rotatable bonds is 8. The van der Waals surface area contributed by atoms with Crippen molar-refractivity contribution in [2.45, 2.75) is 26.1 Å². The number of hydrogen-bond donors (Lipinski definition) is 3. The highest BCUT2D eigenvalue weighted by molar-refractivity contribution is 5.87. The Labute approximate surface area is 150 Å². The topological polar surface area (TPSA) is 85.6 Å². The quantitative estimate of drug-likeness (QED) is 0.667. The van der Waals surface area contributed by atoms with Gasteiger partial charge < -0.3 is 25.8 Å². The number of nitrogens with one attached hydrogen (secondary N) is 2. The Balaban J connectivity index is 2.07. The van der Waals surface area contributed by atoms with Crippen LogP contribution in [0.15, 0.2) is 42.5 Å². The number of methoxy groups -OCH3 is 1. The van der Waals surface area contributed by atoms with Crippen LogP contribution < -0.4 is 25.8 Å². The van der Waals surface area contributed by atoms with Gasteiger partial charge in [-0.2, -0.15) is 8.78 Å². The van der Waals surface area contributed by atoms with E-state index >= 15 is 0 Å². The molecule has 140 valence electrons. The summed E-state index contributed by atoms with van der Waals surface area (Å²) in [5.74, 6) is 0.268. The number of halogens is 2. The fourth-order valence-corrected chi connectivity index (χ4v) is 2.46. The number of anilines is 1. The molecule has 2 amide bonds. The summed E-state index contributed by atoms with van der Waals surface area (Å²) in [6, 6.07) is 11.4. The van der Waals surface area contributed by atoms with Crippen LogP contribution in [0.2, 0.25) is 0 Å². The number of nitrogens with two attached hydrogens (primary N) is 1. The Hall–Kier alpha value is -2.87. The molecular formula is C18H21F2N3O3. The summed E-state index contributed by atoms with van der Waals surface area (Å²) in [5.41, 5.74) is 7.18. The summed E-state index contributed by atoms with van der Waals surface area (Å²) in [4.78, 5) is 10.8. The van der Waals surface area contributed by atoms with Gasteiger partial charge in [-0.25, -0.2) is 4.79 Å². The average Bonchev–Trinajstić information content (AvgIpc) is 2.60. The third-order valence-corrected chi connectivity index (χ3v) is 3.76. The highest BCUT2D eigenvalue weighted by Gasteiger charge is 2.16. The van der Waals surface area contributed by atoms with Crippen LogP contribution in [0.4, 0.5) is 19.3 Å². The third kappa shape index (κ3) is 5.32. The van der Waals surface area contributed by atoms with Gasteiger partial charge in [0.1, 0.15) is 0 Å². The van der Waals surface area contributed by atoms with E-state index in [0.29, 0.717) is 17.8 Å². The zero-order valence-electron chi connectivity index (χ0n) is 14.5. The van der Waals surface area contributed by atoms with Crippen molar-refractivity contribution in [1.29, 1.82) is 0 Å². The first-order valence-electron chi connectivity index (χ1n) is 7.91. The maximum absolute atomic E-state index is 12.7. The molecule has 6 nitrogen and oxygen atoms in total. The van der Waals surface area contributed by atoms with Crippen LogP contribution in [0.25, 0.3) is 0 Å². The van der Waals surface area contributed by atoms with Crippen LogP contribution in [0, 0.1) is 0 Å². The first-order chi connectivity index (χ1) is 12.4. The molecule has 4 N–H and O–H groups in total. The molecule has 0 bridgehead atoms. The SMILES string of the molecule is COc1cccc(CNC(C)c2ccc(NC(N)=O)cc2)c1OC(F)F. The first-order valence-corrected chi connectivity index (χ1v) is 7.91. The van der Waals surface area contributed by atoms with Gasteiger partial charge in [0, 0.05) is 23.8 Å². The molecule has 1 atom stereocenters. The molecule has 0 radical (unpaired) electrons. The Kier molecular flexibility index (Phi) is 6.74. The minimum atomic E-state index is -2.94. The Morgan fingerprint density at radius 1 is 1.19 bits per heavy atom. The monoisotopic (exact) mass is 365 g/mol. The molecule has 0 fully saturated rings. The molecule has 26 heavy (non-hydrogen) atoms. The molecule has 0 aliphatic rings. The predicted molar refractivity (Wildman–Crippen MR) is 94.5 cm³/mol. The zero-order valence-corrected chi connectivity index (χ0v) is 14.5. The summed E-state index contributed by atoms with van der Waals surface area (Å²) in [6.45, 7) is -0.695. The summed E-state index contributed by atoms with van der Waals surface area (Å²) >= 11 is 0. The van der Waals surface area contributed by atoms with E-state index in [1.165, 1.54) is 7.11 Å². The average molecular weight is 365 g/mol. The zero-order chi connectivity index (χ0) is 19.1. The number of benzene rings is 2. The van der Waals surface area contributed by atoms with E-state index in [2.05, 4.69) is 15.4 Å². The van der Waals surface area contributed by atoms with E-state index in [9.17, 15) is 13.6 Å². The van der Waals surface area contributed by atoms with Crippen molar-refractivity contribution >= 4 is 11.7 Å². The molecule has 0 saturated carbocycles. The van der Waals surface area contributed by atoms with E-state index in [1.54, 1.807) is 30.3 Å². The molecule has 1 unspecified atom stereocenters. The van der Waals surface area contributed by atoms with E-state index in [4.69, 9.17) is 10.5 Å². The second-order valence-corrected chi connectivity index (χ2v) is 5.54. The fraction of sp³-hybridized carbons (Fsp3) is 0.278. The Morgan fingerprint density at radius 3 is 2.46 bits per heavy atom. The number of urea groups is 1. The van der Waals surface area contributed by atoms with Crippen molar-refractivity contribution in [3.8, 4) is 11.5 Å². The van der Waals surface area contributed by atoms with Crippen LogP contribution in [-0.4, -0.2) is 19.8 Å². The van der Waals surface area contributed by atoms with Crippen molar-refractivity contribution in [1.82, 2.24) is 5.32 Å². The van der Waals surface area contributed by atoms with Crippen LogP contribution in [-0.2, 0) is 6.54 Å². The van der Waals surface area contributed by atoms with Gasteiger partial charge in [-0.15, -0.1) is 0 Å². The third-order valence-electron chi connectivity index (χ3n) is 3.76. The standard InChI is InChI=1S/C18H21F2N3O3/c1-11(12-6-8-14(9-7-12)23-18(21)24)22-10-13-4-3-5-15(25-2)16(13)26-17(19)20/h3-9,11,17,22H,10H2,1-2H3,(H3,21,23,24). The first kappa shape index (κ1) is 19.5. The van der Waals surface area contributed by atoms with Crippen molar-refractivity contribution < 1.29 is 23.0 Å². The van der Waals surface area contributed by atoms with Gasteiger partial charge in [0.05, 0.1) is 7.11 Å². The molecule has 2 rings (SSSR count). The van der Waals surface area contributed by atoms with Crippen LogP contribution in [0.3, 0.4) is 0 Å². The van der Waals surface area contributed by atoms with Gasteiger partial charge in [-0.05, 0) is 30.7 Å². The lowest BCUT2D eigenvalue weighted by molar-refractivity contribution is -0.0518. The van der Waals surface area contributed by atoms with Crippen LogP contribution >= 0.6 is 0 Å². The molecule has 0 aliphatic heterocycles. The normalized spacial score (nSPS) is 11.9. The van der Waals surface area contributed by atoms with Crippen molar-refractivity contribution in [2.75, 3.05) is 12.4 Å². The van der Waals surface area contributed by atoms with Crippen molar-refractivity contribution in [3.63, 3.8) is 0 Å². The van der Waals surface area contributed by atoms with Gasteiger partial charge in [0.25, 0.3) is 0 Å². The number of primary amides is 1. The molecule has 0 saturated heterocycles. The van der Waals surface area contributed by atoms with E-state index in [-0.39, 0.29) is 17.5 Å². The Bertz CT molecular complexity index is 739. The number of alkyl halides is 2. The molecule has 0 heterocycles. The minimum Gasteiger partial charge on any atom is -0.493 e. The number of hydrogen-bond acceptors (Lipinski definition) is 4. The highest BCUT2D eigenvalue weighted by atomic mass is 19.3. The van der Waals surface area contributed by atoms with Crippen molar-refractivity contribution in [3.05, 3.63) is 53.6 Å². The van der Waals surface area contributed by atoms with Gasteiger partial charge in [-0.1, -0.05) is 24.3 Å². The molecule has 8 heteroatoms. The Morgan fingerprint density at radius 2 is 1.88 bits per heavy atom. The van der Waals surface area contributed by atoms with E-state index < -0.39 is 12.6 Å². The van der Waals surface area contributed by atoms with Crippen molar-refractivity contribution in [2.24, 2.45) is 5.73 Å². The molecule has 2 aromatic rings. The summed E-state index contributed by atoms with van der Waals surface area (Å²) in [5, 5.41) is 5.73. The maximum atomic E-state index is 12.7. The lowest BCUT2D eigenvalue weighted by Gasteiger charge is -2.18. The van der Waals surface area contributed by atoms with Crippen LogP contribution in [0.5, 0.6) is 11.5 Å². The molecular weight excluding hydrogens is 344 g/mol. The van der Waals surface area contributed by atoms with E-state index in [0.717, 1.165) is 5.56 Å². The van der Waals surface area contributed by atoms with Gasteiger partial charge in [-0.3, -0.25) is 0 Å². The minimum absolute atomic E-state index is 0.0192. The van der Waals surface area contributed by atoms with Crippen LogP contribution in [0.1, 0.15) is 24.1 Å². The van der Waals surface area contributed by atoms with Gasteiger partial charge >= 0.3 is 12.6 Å². The lowest BCUT2D eigenvalue weighted by Crippen LogP contribution is -2.20. The second-order valence-electron chi connectivity index (χ2n) is 5.54. The number of para-hydroxylation sites is 1. The summed E-state index contributed by atoms with van der Waals surface area (Å²) < 4.78 is 35.0.